The number of benzene rings is 1. The first-order chi connectivity index (χ1) is 13.8. The molecule has 2 saturated heterocycles. The number of anilines is 1. The molecule has 1 amide bonds. The van der Waals surface area contributed by atoms with Crippen molar-refractivity contribution in [1.29, 1.82) is 0 Å². The van der Waals surface area contributed by atoms with Gasteiger partial charge in [-0.3, -0.25) is 4.79 Å². The number of nitrogens with one attached hydrogen (secondary N) is 1. The van der Waals surface area contributed by atoms with E-state index in [9.17, 15) is 4.79 Å². The van der Waals surface area contributed by atoms with E-state index in [4.69, 9.17) is 0 Å². The number of likely N-dealkylation sites (tertiary alicyclic amines) is 1. The maximum atomic E-state index is 12.9. The van der Waals surface area contributed by atoms with Crippen LogP contribution in [0.15, 0.2) is 67.1 Å². The highest BCUT2D eigenvalue weighted by Gasteiger charge is 2.51. The van der Waals surface area contributed by atoms with E-state index in [-0.39, 0.29) is 11.3 Å². The summed E-state index contributed by atoms with van der Waals surface area (Å²) in [5.41, 5.74) is 2.03. The lowest BCUT2D eigenvalue weighted by Gasteiger charge is -2.43. The van der Waals surface area contributed by atoms with Gasteiger partial charge in [-0.25, -0.2) is 9.97 Å². The van der Waals surface area contributed by atoms with Gasteiger partial charge in [-0.05, 0) is 30.2 Å². The van der Waals surface area contributed by atoms with Gasteiger partial charge in [0.15, 0.2) is 0 Å². The second-order valence-electron chi connectivity index (χ2n) is 7.73. The van der Waals surface area contributed by atoms with Crippen LogP contribution >= 0.6 is 0 Å². The van der Waals surface area contributed by atoms with Crippen molar-refractivity contribution in [1.82, 2.24) is 19.9 Å². The molecule has 28 heavy (non-hydrogen) atoms. The molecule has 0 spiro atoms. The molecule has 2 fully saturated rings. The van der Waals surface area contributed by atoms with Crippen molar-refractivity contribution in [3.63, 3.8) is 0 Å². The number of hydrogen-bond acceptors (Lipinski definition) is 4. The molecule has 4 heterocycles. The number of carbonyl (C=O) groups is 1. The summed E-state index contributed by atoms with van der Waals surface area (Å²) >= 11 is 0. The molecule has 1 N–H and O–H groups in total. The zero-order valence-electron chi connectivity index (χ0n) is 15.7. The summed E-state index contributed by atoms with van der Waals surface area (Å²) in [6, 6.07) is 16.3. The zero-order chi connectivity index (χ0) is 19.0. The third-order valence-electron chi connectivity index (χ3n) is 6.26. The average Bonchev–Trinajstić information content (AvgIpc) is 3.43. The van der Waals surface area contributed by atoms with E-state index < -0.39 is 0 Å². The van der Waals surface area contributed by atoms with Gasteiger partial charge in [-0.15, -0.1) is 0 Å². The van der Waals surface area contributed by atoms with E-state index in [1.54, 1.807) is 18.6 Å². The number of aromatic amines is 1. The van der Waals surface area contributed by atoms with Crippen molar-refractivity contribution in [3.05, 3.63) is 78.4 Å². The predicted octanol–water partition coefficient (Wildman–Crippen LogP) is 2.73. The van der Waals surface area contributed by atoms with E-state index in [0.29, 0.717) is 11.6 Å². The first-order valence-electron chi connectivity index (χ1n) is 9.76. The second kappa shape index (κ2) is 6.78. The molecule has 3 aromatic rings. The van der Waals surface area contributed by atoms with Crippen molar-refractivity contribution in [2.24, 2.45) is 5.92 Å². The Morgan fingerprint density at radius 3 is 2.61 bits per heavy atom. The van der Waals surface area contributed by atoms with Crippen LogP contribution in [0.4, 0.5) is 5.95 Å². The number of rotatable bonds is 3. The molecule has 1 aromatic carbocycles. The lowest BCUT2D eigenvalue weighted by atomic mass is 9.68. The van der Waals surface area contributed by atoms with Gasteiger partial charge in [0, 0.05) is 56.1 Å². The predicted molar refractivity (Wildman–Crippen MR) is 107 cm³/mol. The third kappa shape index (κ3) is 2.76. The van der Waals surface area contributed by atoms with Crippen LogP contribution in [0.25, 0.3) is 0 Å². The SMILES string of the molecule is O=C(c1ccc[nH]1)N1CC[C@]2(c3ccccc3)CN(c3ncccn3)C[C@H]2C1. The number of aromatic nitrogens is 3. The number of nitrogens with zero attached hydrogens (tertiary/aromatic N) is 4. The Morgan fingerprint density at radius 2 is 1.86 bits per heavy atom. The minimum absolute atomic E-state index is 0.0208. The molecule has 2 aliphatic heterocycles. The standard InChI is InChI=1S/C22H23N5O/c28-20(19-8-4-10-23-19)26-13-9-22(17-6-2-1-3-7-17)16-27(15-18(22)14-26)21-24-11-5-12-25-21/h1-8,10-12,18,23H,9,13-16H2/t18-,22-/m1/s1. The largest absolute Gasteiger partial charge is 0.357 e. The van der Waals surface area contributed by atoms with Crippen LogP contribution in [0, 0.1) is 5.92 Å². The van der Waals surface area contributed by atoms with Crippen LogP contribution < -0.4 is 4.90 Å². The molecule has 0 unspecified atom stereocenters. The van der Waals surface area contributed by atoms with Crippen molar-refractivity contribution in [2.45, 2.75) is 11.8 Å². The summed E-state index contributed by atoms with van der Waals surface area (Å²) < 4.78 is 0. The molecule has 142 valence electrons. The van der Waals surface area contributed by atoms with Gasteiger partial charge in [0.05, 0.1) is 0 Å². The molecule has 2 atom stereocenters. The Morgan fingerprint density at radius 1 is 1.04 bits per heavy atom. The third-order valence-corrected chi connectivity index (χ3v) is 6.26. The monoisotopic (exact) mass is 373 g/mol. The minimum atomic E-state index is 0.0208. The fraction of sp³-hybridized carbons (Fsp3) is 0.318. The molecule has 2 aromatic heterocycles. The highest BCUT2D eigenvalue weighted by Crippen LogP contribution is 2.46. The Balaban J connectivity index is 1.47. The van der Waals surface area contributed by atoms with Crippen molar-refractivity contribution in [3.8, 4) is 0 Å². The maximum absolute atomic E-state index is 12.9. The molecule has 0 bridgehead atoms. The normalized spacial score (nSPS) is 24.2. The number of amides is 1. The smallest absolute Gasteiger partial charge is 0.270 e. The Hall–Kier alpha value is -3.15. The van der Waals surface area contributed by atoms with Gasteiger partial charge in [-0.1, -0.05) is 30.3 Å². The number of hydrogen-bond donors (Lipinski definition) is 1. The van der Waals surface area contributed by atoms with Gasteiger partial charge in [-0.2, -0.15) is 0 Å². The summed E-state index contributed by atoms with van der Waals surface area (Å²) in [5.74, 6) is 1.20. The van der Waals surface area contributed by atoms with Crippen molar-refractivity contribution >= 4 is 11.9 Å². The summed E-state index contributed by atoms with van der Waals surface area (Å²) in [5, 5.41) is 0. The highest BCUT2D eigenvalue weighted by molar-refractivity contribution is 5.92. The van der Waals surface area contributed by atoms with Crippen LogP contribution in [0.1, 0.15) is 22.5 Å². The molecular formula is C22H23N5O. The van der Waals surface area contributed by atoms with E-state index in [0.717, 1.165) is 38.5 Å². The highest BCUT2D eigenvalue weighted by atomic mass is 16.2. The molecule has 2 aliphatic rings. The molecular weight excluding hydrogens is 350 g/mol. The zero-order valence-corrected chi connectivity index (χ0v) is 15.7. The quantitative estimate of drug-likeness (QED) is 0.767. The van der Waals surface area contributed by atoms with E-state index >= 15 is 0 Å². The van der Waals surface area contributed by atoms with Crippen LogP contribution in [-0.2, 0) is 5.41 Å². The number of fused-ring (bicyclic) bond motifs is 1. The van der Waals surface area contributed by atoms with E-state index in [1.165, 1.54) is 5.56 Å². The van der Waals surface area contributed by atoms with Gasteiger partial charge in [0.2, 0.25) is 5.95 Å². The van der Waals surface area contributed by atoms with Crippen molar-refractivity contribution < 1.29 is 4.79 Å². The Labute approximate surface area is 164 Å². The molecule has 0 radical (unpaired) electrons. The second-order valence-corrected chi connectivity index (χ2v) is 7.73. The fourth-order valence-corrected chi connectivity index (χ4v) is 4.85. The van der Waals surface area contributed by atoms with Crippen molar-refractivity contribution in [2.75, 3.05) is 31.1 Å². The van der Waals surface area contributed by atoms with Crippen LogP contribution in [-0.4, -0.2) is 51.9 Å². The molecule has 6 heteroatoms. The first-order valence-corrected chi connectivity index (χ1v) is 9.76. The Kier molecular flexibility index (Phi) is 4.11. The summed E-state index contributed by atoms with van der Waals surface area (Å²) in [6.07, 6.45) is 6.33. The van der Waals surface area contributed by atoms with Gasteiger partial charge < -0.3 is 14.8 Å². The lowest BCUT2D eigenvalue weighted by Crippen LogP contribution is -2.51. The maximum Gasteiger partial charge on any atom is 0.270 e. The van der Waals surface area contributed by atoms with Gasteiger partial charge in [0.25, 0.3) is 5.91 Å². The van der Waals surface area contributed by atoms with Gasteiger partial charge >= 0.3 is 0 Å². The van der Waals surface area contributed by atoms with Crippen LogP contribution in [0.2, 0.25) is 0 Å². The van der Waals surface area contributed by atoms with E-state index in [2.05, 4.69) is 50.2 Å². The van der Waals surface area contributed by atoms with E-state index in [1.807, 2.05) is 23.1 Å². The summed E-state index contributed by atoms with van der Waals surface area (Å²) in [4.78, 5) is 29.2. The molecule has 5 rings (SSSR count). The lowest BCUT2D eigenvalue weighted by molar-refractivity contribution is 0.0597. The number of carbonyl (C=O) groups excluding carboxylic acids is 1. The number of H-pyrrole nitrogens is 1. The molecule has 6 nitrogen and oxygen atoms in total. The van der Waals surface area contributed by atoms with Gasteiger partial charge in [0.1, 0.15) is 5.69 Å². The number of piperidine rings is 1. The van der Waals surface area contributed by atoms with Crippen LogP contribution in [0.5, 0.6) is 0 Å². The summed E-state index contributed by atoms with van der Waals surface area (Å²) in [7, 11) is 0. The summed E-state index contributed by atoms with van der Waals surface area (Å²) in [6.45, 7) is 3.24. The average molecular weight is 373 g/mol. The molecule has 0 aliphatic carbocycles. The minimum Gasteiger partial charge on any atom is -0.357 e. The molecule has 0 saturated carbocycles. The van der Waals surface area contributed by atoms with Crippen LogP contribution in [0.3, 0.4) is 0 Å². The fourth-order valence-electron chi connectivity index (χ4n) is 4.85. The first kappa shape index (κ1) is 17.0. The topological polar surface area (TPSA) is 65.1 Å². The Bertz CT molecular complexity index is 944.